The quantitative estimate of drug-likeness (QED) is 0.826. The molecule has 3 N–H and O–H groups in total. The SMILES string of the molecule is COc1cccc(Cl)c1CNc1cnc(C(N)=S)cn1. The van der Waals surface area contributed by atoms with Crippen LogP contribution >= 0.6 is 23.8 Å². The van der Waals surface area contributed by atoms with Crippen LogP contribution in [0.4, 0.5) is 5.82 Å². The molecule has 0 aliphatic carbocycles. The van der Waals surface area contributed by atoms with Gasteiger partial charge in [0.2, 0.25) is 0 Å². The van der Waals surface area contributed by atoms with Gasteiger partial charge in [0.25, 0.3) is 0 Å². The number of halogens is 1. The Balaban J connectivity index is 2.11. The molecule has 0 saturated carbocycles. The van der Waals surface area contributed by atoms with Gasteiger partial charge in [-0.05, 0) is 12.1 Å². The smallest absolute Gasteiger partial charge is 0.144 e. The summed E-state index contributed by atoms with van der Waals surface area (Å²) in [5.41, 5.74) is 6.81. The topological polar surface area (TPSA) is 73.1 Å². The van der Waals surface area contributed by atoms with Gasteiger partial charge in [-0.25, -0.2) is 9.97 Å². The molecular formula is C13H13ClN4OS. The van der Waals surface area contributed by atoms with Crippen LogP contribution in [0, 0.1) is 0 Å². The third-order valence-corrected chi connectivity index (χ3v) is 3.21. The molecule has 104 valence electrons. The normalized spacial score (nSPS) is 10.1. The zero-order valence-corrected chi connectivity index (χ0v) is 12.3. The summed E-state index contributed by atoms with van der Waals surface area (Å²) in [5, 5.41) is 3.75. The monoisotopic (exact) mass is 308 g/mol. The fraction of sp³-hybridized carbons (Fsp3) is 0.154. The minimum Gasteiger partial charge on any atom is -0.496 e. The number of nitrogens with zero attached hydrogens (tertiary/aromatic N) is 2. The van der Waals surface area contributed by atoms with Crippen LogP contribution in [-0.4, -0.2) is 22.1 Å². The highest BCUT2D eigenvalue weighted by molar-refractivity contribution is 7.80. The summed E-state index contributed by atoms with van der Waals surface area (Å²) in [6.45, 7) is 0.476. The Bertz CT molecular complexity index is 618. The molecule has 0 unspecified atom stereocenters. The Morgan fingerprint density at radius 3 is 2.80 bits per heavy atom. The highest BCUT2D eigenvalue weighted by atomic mass is 35.5. The van der Waals surface area contributed by atoms with E-state index < -0.39 is 0 Å². The van der Waals surface area contributed by atoms with Crippen LogP contribution in [0.3, 0.4) is 0 Å². The van der Waals surface area contributed by atoms with Gasteiger partial charge < -0.3 is 15.8 Å². The Morgan fingerprint density at radius 1 is 1.40 bits per heavy atom. The van der Waals surface area contributed by atoms with E-state index in [1.54, 1.807) is 13.3 Å². The van der Waals surface area contributed by atoms with Crippen molar-refractivity contribution in [2.45, 2.75) is 6.54 Å². The molecule has 0 spiro atoms. The van der Waals surface area contributed by atoms with Crippen molar-refractivity contribution < 1.29 is 4.74 Å². The van der Waals surface area contributed by atoms with Gasteiger partial charge in [0, 0.05) is 17.1 Å². The van der Waals surface area contributed by atoms with E-state index in [2.05, 4.69) is 15.3 Å². The van der Waals surface area contributed by atoms with E-state index in [4.69, 9.17) is 34.3 Å². The van der Waals surface area contributed by atoms with E-state index in [-0.39, 0.29) is 4.99 Å². The van der Waals surface area contributed by atoms with Crippen molar-refractivity contribution in [1.82, 2.24) is 9.97 Å². The number of nitrogens with one attached hydrogen (secondary N) is 1. The number of methoxy groups -OCH3 is 1. The van der Waals surface area contributed by atoms with Crippen LogP contribution in [-0.2, 0) is 6.54 Å². The minimum atomic E-state index is 0.219. The number of aromatic nitrogens is 2. The summed E-state index contributed by atoms with van der Waals surface area (Å²) in [7, 11) is 1.60. The van der Waals surface area contributed by atoms with Crippen molar-refractivity contribution in [2.24, 2.45) is 5.73 Å². The van der Waals surface area contributed by atoms with Crippen LogP contribution in [0.5, 0.6) is 5.75 Å². The fourth-order valence-electron chi connectivity index (χ4n) is 1.63. The summed E-state index contributed by atoms with van der Waals surface area (Å²) in [6, 6.07) is 5.49. The molecule has 0 fully saturated rings. The minimum absolute atomic E-state index is 0.219. The average Bonchev–Trinajstić information content (AvgIpc) is 2.46. The summed E-state index contributed by atoms with van der Waals surface area (Å²) in [5.74, 6) is 1.32. The predicted octanol–water partition coefficient (Wildman–Crippen LogP) is 2.38. The first-order valence-electron chi connectivity index (χ1n) is 5.79. The summed E-state index contributed by atoms with van der Waals surface area (Å²) >= 11 is 11.0. The van der Waals surface area contributed by atoms with Gasteiger partial charge >= 0.3 is 0 Å². The lowest BCUT2D eigenvalue weighted by molar-refractivity contribution is 0.410. The summed E-state index contributed by atoms with van der Waals surface area (Å²) in [6.07, 6.45) is 3.09. The third-order valence-electron chi connectivity index (χ3n) is 2.65. The number of ether oxygens (including phenoxy) is 1. The molecule has 2 rings (SSSR count). The lowest BCUT2D eigenvalue weighted by Gasteiger charge is -2.11. The maximum absolute atomic E-state index is 6.15. The fourth-order valence-corrected chi connectivity index (χ4v) is 1.97. The van der Waals surface area contributed by atoms with Gasteiger partial charge in [-0.15, -0.1) is 0 Å². The van der Waals surface area contributed by atoms with Crippen molar-refractivity contribution >= 4 is 34.6 Å². The summed E-state index contributed by atoms with van der Waals surface area (Å²) < 4.78 is 5.27. The van der Waals surface area contributed by atoms with Crippen molar-refractivity contribution in [1.29, 1.82) is 0 Å². The molecule has 20 heavy (non-hydrogen) atoms. The second-order valence-corrected chi connectivity index (χ2v) is 4.77. The standard InChI is InChI=1S/C13H13ClN4OS/c1-19-11-4-2-3-9(14)8(11)5-17-12-7-16-10(6-18-12)13(15)20/h2-4,6-7H,5H2,1H3,(H2,15,20)(H,17,18). The molecule has 0 saturated heterocycles. The number of hydrogen-bond acceptors (Lipinski definition) is 5. The molecular weight excluding hydrogens is 296 g/mol. The van der Waals surface area contributed by atoms with E-state index in [1.807, 2.05) is 18.2 Å². The lowest BCUT2D eigenvalue weighted by Crippen LogP contribution is -2.12. The van der Waals surface area contributed by atoms with Crippen molar-refractivity contribution in [3.63, 3.8) is 0 Å². The van der Waals surface area contributed by atoms with Gasteiger partial charge in [0.1, 0.15) is 22.2 Å². The maximum atomic E-state index is 6.15. The highest BCUT2D eigenvalue weighted by Crippen LogP contribution is 2.26. The second-order valence-electron chi connectivity index (χ2n) is 3.93. The molecule has 7 heteroatoms. The van der Waals surface area contributed by atoms with Crippen molar-refractivity contribution in [3.8, 4) is 5.75 Å². The number of nitrogens with two attached hydrogens (primary N) is 1. The van der Waals surface area contributed by atoms with E-state index in [9.17, 15) is 0 Å². The largest absolute Gasteiger partial charge is 0.496 e. The zero-order chi connectivity index (χ0) is 14.5. The van der Waals surface area contributed by atoms with E-state index in [0.717, 1.165) is 11.3 Å². The third kappa shape index (κ3) is 3.34. The first-order valence-corrected chi connectivity index (χ1v) is 6.57. The van der Waals surface area contributed by atoms with E-state index in [1.165, 1.54) is 6.20 Å². The molecule has 0 aliphatic rings. The van der Waals surface area contributed by atoms with Crippen LogP contribution in [0.25, 0.3) is 0 Å². The molecule has 1 aromatic heterocycles. The van der Waals surface area contributed by atoms with Gasteiger partial charge in [-0.2, -0.15) is 0 Å². The van der Waals surface area contributed by atoms with Crippen molar-refractivity contribution in [2.75, 3.05) is 12.4 Å². The number of rotatable bonds is 5. The Labute approximate surface area is 127 Å². The van der Waals surface area contributed by atoms with Crippen LogP contribution in [0.1, 0.15) is 11.3 Å². The molecule has 1 aromatic carbocycles. The average molecular weight is 309 g/mol. The first-order chi connectivity index (χ1) is 9.61. The molecule has 5 nitrogen and oxygen atoms in total. The van der Waals surface area contributed by atoms with E-state index in [0.29, 0.717) is 23.1 Å². The zero-order valence-electron chi connectivity index (χ0n) is 10.8. The van der Waals surface area contributed by atoms with Crippen molar-refractivity contribution in [3.05, 3.63) is 46.9 Å². The van der Waals surface area contributed by atoms with Gasteiger partial charge in [-0.1, -0.05) is 29.9 Å². The Morgan fingerprint density at radius 2 is 2.20 bits per heavy atom. The van der Waals surface area contributed by atoms with Gasteiger partial charge in [0.05, 0.1) is 19.5 Å². The van der Waals surface area contributed by atoms with Gasteiger partial charge in [0.15, 0.2) is 0 Å². The predicted molar refractivity (Wildman–Crippen MR) is 83.3 cm³/mol. The number of thiocarbonyl (C=S) groups is 1. The molecule has 0 amide bonds. The molecule has 1 heterocycles. The number of hydrogen-bond donors (Lipinski definition) is 2. The number of benzene rings is 1. The summed E-state index contributed by atoms with van der Waals surface area (Å²) in [4.78, 5) is 8.49. The maximum Gasteiger partial charge on any atom is 0.144 e. The Hall–Kier alpha value is -1.92. The lowest BCUT2D eigenvalue weighted by atomic mass is 10.2. The number of anilines is 1. The van der Waals surface area contributed by atoms with E-state index >= 15 is 0 Å². The molecule has 0 bridgehead atoms. The first kappa shape index (κ1) is 14.5. The highest BCUT2D eigenvalue weighted by Gasteiger charge is 2.08. The molecule has 2 aromatic rings. The van der Waals surface area contributed by atoms with Crippen LogP contribution < -0.4 is 15.8 Å². The Kier molecular flexibility index (Phi) is 4.70. The van der Waals surface area contributed by atoms with Crippen LogP contribution in [0.2, 0.25) is 5.02 Å². The van der Waals surface area contributed by atoms with Gasteiger partial charge in [-0.3, -0.25) is 0 Å². The second kappa shape index (κ2) is 6.49. The van der Waals surface area contributed by atoms with Crippen LogP contribution in [0.15, 0.2) is 30.6 Å². The molecule has 0 atom stereocenters. The molecule has 0 radical (unpaired) electrons. The molecule has 0 aliphatic heterocycles.